The highest BCUT2D eigenvalue weighted by molar-refractivity contribution is 7.89. The summed E-state index contributed by atoms with van der Waals surface area (Å²) in [7, 11) is -3.48. The molecule has 0 amide bonds. The molecule has 0 radical (unpaired) electrons. The molecule has 1 aromatic rings. The number of benzene rings is 1. The van der Waals surface area contributed by atoms with Crippen LogP contribution in [0.5, 0.6) is 0 Å². The number of nitrogens with two attached hydrogens (primary N) is 1. The minimum Gasteiger partial charge on any atom is -0.398 e. The van der Waals surface area contributed by atoms with Crippen LogP contribution in [-0.4, -0.2) is 25.8 Å². The number of anilines is 1. The molecule has 0 atom stereocenters. The van der Waals surface area contributed by atoms with Crippen molar-refractivity contribution in [2.75, 3.05) is 18.8 Å². The number of rotatable bonds is 6. The van der Waals surface area contributed by atoms with Gasteiger partial charge < -0.3 is 5.73 Å². The van der Waals surface area contributed by atoms with Gasteiger partial charge in [0.1, 0.15) is 4.90 Å². The summed E-state index contributed by atoms with van der Waals surface area (Å²) in [6.45, 7) is 6.68. The standard InChI is InChI=1S/C13H22N2O2S/c1-4-6-10-15(5-2)18(16,17)13-11(3)8-7-9-12(13)14/h7-9H,4-6,10,14H2,1-3H3. The fraction of sp³-hybridized carbons (Fsp3) is 0.538. The van der Waals surface area contributed by atoms with E-state index >= 15 is 0 Å². The first kappa shape index (κ1) is 15.0. The summed E-state index contributed by atoms with van der Waals surface area (Å²) in [4.78, 5) is 0.253. The lowest BCUT2D eigenvalue weighted by Crippen LogP contribution is -2.32. The van der Waals surface area contributed by atoms with Gasteiger partial charge in [0.25, 0.3) is 0 Å². The second-order valence-corrected chi connectivity index (χ2v) is 6.22. The van der Waals surface area contributed by atoms with E-state index in [0.717, 1.165) is 12.8 Å². The molecule has 1 rings (SSSR count). The molecule has 0 bridgehead atoms. The maximum Gasteiger partial charge on any atom is 0.245 e. The lowest BCUT2D eigenvalue weighted by molar-refractivity contribution is 0.419. The first-order chi connectivity index (χ1) is 8.45. The Kier molecular flexibility index (Phi) is 5.16. The van der Waals surface area contributed by atoms with Crippen LogP contribution in [0.2, 0.25) is 0 Å². The van der Waals surface area contributed by atoms with Crippen molar-refractivity contribution in [2.24, 2.45) is 0 Å². The Bertz CT molecular complexity index is 477. The lowest BCUT2D eigenvalue weighted by atomic mass is 10.2. The predicted octanol–water partition coefficient (Wildman–Crippen LogP) is 2.39. The van der Waals surface area contributed by atoms with Crippen molar-refractivity contribution in [2.45, 2.75) is 38.5 Å². The molecule has 5 heteroatoms. The molecule has 2 N–H and O–H groups in total. The minimum atomic E-state index is -3.48. The third-order valence-corrected chi connectivity index (χ3v) is 5.15. The molecule has 0 aliphatic rings. The monoisotopic (exact) mass is 270 g/mol. The largest absolute Gasteiger partial charge is 0.398 e. The van der Waals surface area contributed by atoms with E-state index in [-0.39, 0.29) is 4.90 Å². The maximum atomic E-state index is 12.6. The fourth-order valence-corrected chi connectivity index (χ4v) is 3.75. The van der Waals surface area contributed by atoms with Gasteiger partial charge in [0, 0.05) is 13.1 Å². The van der Waals surface area contributed by atoms with E-state index in [0.29, 0.717) is 24.3 Å². The normalized spacial score (nSPS) is 12.0. The molecule has 0 aliphatic carbocycles. The van der Waals surface area contributed by atoms with Gasteiger partial charge in [0.2, 0.25) is 10.0 Å². The second kappa shape index (κ2) is 6.20. The van der Waals surface area contributed by atoms with Crippen LogP contribution in [0.3, 0.4) is 0 Å². The van der Waals surface area contributed by atoms with Gasteiger partial charge in [-0.25, -0.2) is 8.42 Å². The molecule has 18 heavy (non-hydrogen) atoms. The molecule has 4 nitrogen and oxygen atoms in total. The van der Waals surface area contributed by atoms with Crippen LogP contribution in [-0.2, 0) is 10.0 Å². The van der Waals surface area contributed by atoms with Crippen LogP contribution in [0, 0.1) is 6.92 Å². The molecule has 0 aromatic heterocycles. The molecule has 0 fully saturated rings. The smallest absolute Gasteiger partial charge is 0.245 e. The lowest BCUT2D eigenvalue weighted by Gasteiger charge is -2.22. The van der Waals surface area contributed by atoms with E-state index in [9.17, 15) is 8.42 Å². The molecule has 1 aromatic carbocycles. The molecule has 0 spiro atoms. The van der Waals surface area contributed by atoms with Crippen molar-refractivity contribution in [3.8, 4) is 0 Å². The zero-order valence-electron chi connectivity index (χ0n) is 11.3. The van der Waals surface area contributed by atoms with Gasteiger partial charge in [0.15, 0.2) is 0 Å². The van der Waals surface area contributed by atoms with Crippen LogP contribution in [0.1, 0.15) is 32.3 Å². The number of unbranched alkanes of at least 4 members (excludes halogenated alkanes) is 1. The summed E-state index contributed by atoms with van der Waals surface area (Å²) in [5.74, 6) is 0. The van der Waals surface area contributed by atoms with Gasteiger partial charge in [-0.15, -0.1) is 0 Å². The number of nitrogen functional groups attached to an aromatic ring is 1. The first-order valence-corrected chi connectivity index (χ1v) is 7.74. The van der Waals surface area contributed by atoms with Crippen LogP contribution in [0.4, 0.5) is 5.69 Å². The Morgan fingerprint density at radius 2 is 1.94 bits per heavy atom. The van der Waals surface area contributed by atoms with E-state index in [2.05, 4.69) is 0 Å². The Morgan fingerprint density at radius 3 is 2.44 bits per heavy atom. The van der Waals surface area contributed by atoms with Crippen molar-refractivity contribution in [1.29, 1.82) is 0 Å². The average Bonchev–Trinajstić information content (AvgIpc) is 2.29. The summed E-state index contributed by atoms with van der Waals surface area (Å²) in [5, 5.41) is 0. The Morgan fingerprint density at radius 1 is 1.28 bits per heavy atom. The summed E-state index contributed by atoms with van der Waals surface area (Å²) in [5.41, 5.74) is 6.85. The van der Waals surface area contributed by atoms with Crippen molar-refractivity contribution < 1.29 is 8.42 Å². The van der Waals surface area contributed by atoms with Crippen LogP contribution in [0.15, 0.2) is 23.1 Å². The molecular weight excluding hydrogens is 248 g/mol. The van der Waals surface area contributed by atoms with Crippen molar-refractivity contribution >= 4 is 15.7 Å². The number of hydrogen-bond acceptors (Lipinski definition) is 3. The Hall–Kier alpha value is -1.07. The summed E-state index contributed by atoms with van der Waals surface area (Å²) in [6, 6.07) is 5.18. The zero-order chi connectivity index (χ0) is 13.8. The van der Waals surface area contributed by atoms with Crippen molar-refractivity contribution in [1.82, 2.24) is 4.31 Å². The molecule has 0 aliphatic heterocycles. The Labute approximate surface area is 110 Å². The highest BCUT2D eigenvalue weighted by Crippen LogP contribution is 2.25. The highest BCUT2D eigenvalue weighted by Gasteiger charge is 2.26. The third kappa shape index (κ3) is 3.03. The third-order valence-electron chi connectivity index (χ3n) is 2.95. The Balaban J connectivity index is 3.19. The van der Waals surface area contributed by atoms with E-state index in [4.69, 9.17) is 5.73 Å². The minimum absolute atomic E-state index is 0.253. The van der Waals surface area contributed by atoms with E-state index in [1.54, 1.807) is 25.1 Å². The summed E-state index contributed by atoms with van der Waals surface area (Å²) < 4.78 is 26.6. The number of hydrogen-bond donors (Lipinski definition) is 1. The van der Waals surface area contributed by atoms with Crippen molar-refractivity contribution in [3.63, 3.8) is 0 Å². The SMILES string of the molecule is CCCCN(CC)S(=O)(=O)c1c(C)cccc1N. The predicted molar refractivity (Wildman–Crippen MR) is 74.9 cm³/mol. The molecule has 102 valence electrons. The summed E-state index contributed by atoms with van der Waals surface area (Å²) in [6.07, 6.45) is 1.83. The van der Waals surface area contributed by atoms with Crippen LogP contribution >= 0.6 is 0 Å². The van der Waals surface area contributed by atoms with Crippen LogP contribution in [0.25, 0.3) is 0 Å². The number of sulfonamides is 1. The number of nitrogens with zero attached hydrogens (tertiary/aromatic N) is 1. The molecule has 0 unspecified atom stereocenters. The quantitative estimate of drug-likeness (QED) is 0.807. The molecule has 0 saturated carbocycles. The van der Waals surface area contributed by atoms with E-state index in [1.807, 2.05) is 13.8 Å². The molecular formula is C13H22N2O2S. The van der Waals surface area contributed by atoms with Crippen LogP contribution < -0.4 is 5.73 Å². The first-order valence-electron chi connectivity index (χ1n) is 6.30. The van der Waals surface area contributed by atoms with E-state index in [1.165, 1.54) is 4.31 Å². The van der Waals surface area contributed by atoms with Gasteiger partial charge in [0.05, 0.1) is 5.69 Å². The van der Waals surface area contributed by atoms with Gasteiger partial charge in [-0.1, -0.05) is 32.4 Å². The summed E-state index contributed by atoms with van der Waals surface area (Å²) >= 11 is 0. The topological polar surface area (TPSA) is 63.4 Å². The van der Waals surface area contributed by atoms with E-state index < -0.39 is 10.0 Å². The van der Waals surface area contributed by atoms with Gasteiger partial charge in [-0.05, 0) is 25.0 Å². The molecule has 0 heterocycles. The van der Waals surface area contributed by atoms with Gasteiger partial charge in [-0.3, -0.25) is 0 Å². The van der Waals surface area contributed by atoms with Gasteiger partial charge >= 0.3 is 0 Å². The van der Waals surface area contributed by atoms with Crippen molar-refractivity contribution in [3.05, 3.63) is 23.8 Å². The zero-order valence-corrected chi connectivity index (χ0v) is 12.1. The van der Waals surface area contributed by atoms with Gasteiger partial charge in [-0.2, -0.15) is 4.31 Å². The fourth-order valence-electron chi connectivity index (χ4n) is 1.94. The average molecular weight is 270 g/mol. The number of aryl methyl sites for hydroxylation is 1. The second-order valence-electron chi connectivity index (χ2n) is 4.34. The maximum absolute atomic E-state index is 12.6. The highest BCUT2D eigenvalue weighted by atomic mass is 32.2. The molecule has 0 saturated heterocycles.